The number of rotatable bonds is 6. The van der Waals surface area contributed by atoms with Gasteiger partial charge in [0.1, 0.15) is 23.8 Å². The molecule has 4 aromatic rings. The molecule has 0 saturated carbocycles. The Labute approximate surface area is 207 Å². The lowest BCUT2D eigenvalue weighted by molar-refractivity contribution is 0.225. The minimum absolute atomic E-state index is 0.175. The van der Waals surface area contributed by atoms with Crippen LogP contribution in [0.1, 0.15) is 29.8 Å². The van der Waals surface area contributed by atoms with Gasteiger partial charge in [-0.1, -0.05) is 0 Å². The number of H-pyrrole nitrogens is 1. The maximum absolute atomic E-state index is 11.7. The van der Waals surface area contributed by atoms with E-state index in [0.29, 0.717) is 5.95 Å². The molecule has 0 radical (unpaired) electrons. The quantitative estimate of drug-likeness (QED) is 0.405. The Morgan fingerprint density at radius 1 is 1.09 bits per heavy atom. The molecule has 1 saturated heterocycles. The summed E-state index contributed by atoms with van der Waals surface area (Å²) in [5.41, 5.74) is 5.46. The zero-order valence-electron chi connectivity index (χ0n) is 20.2. The Morgan fingerprint density at radius 2 is 1.83 bits per heavy atom. The third-order valence-electron chi connectivity index (χ3n) is 6.32. The predicted molar refractivity (Wildman–Crippen MR) is 136 cm³/mol. The summed E-state index contributed by atoms with van der Waals surface area (Å²) >= 11 is -0.942. The van der Waals surface area contributed by atoms with Crippen molar-refractivity contribution in [3.63, 3.8) is 0 Å². The molecule has 0 amide bonds. The van der Waals surface area contributed by atoms with E-state index < -0.39 is 11.4 Å². The molecule has 1 aliphatic rings. The van der Waals surface area contributed by atoms with Gasteiger partial charge >= 0.3 is 0 Å². The van der Waals surface area contributed by atoms with Gasteiger partial charge in [-0.15, -0.1) is 4.31 Å². The van der Waals surface area contributed by atoms with E-state index in [1.54, 1.807) is 24.8 Å². The summed E-state index contributed by atoms with van der Waals surface area (Å²) in [5, 5.41) is 16.7. The van der Waals surface area contributed by atoms with Crippen molar-refractivity contribution in [1.29, 1.82) is 0 Å². The molecule has 1 unspecified atom stereocenters. The molecule has 10 nitrogen and oxygen atoms in total. The van der Waals surface area contributed by atoms with E-state index in [0.717, 1.165) is 70.9 Å². The van der Waals surface area contributed by atoms with Crippen LogP contribution in [-0.2, 0) is 11.4 Å². The van der Waals surface area contributed by atoms with Gasteiger partial charge in [0, 0.05) is 53.4 Å². The van der Waals surface area contributed by atoms with E-state index in [-0.39, 0.29) is 6.10 Å². The van der Waals surface area contributed by atoms with E-state index >= 15 is 0 Å². The van der Waals surface area contributed by atoms with Crippen LogP contribution in [0.25, 0.3) is 22.2 Å². The molecule has 5 rings (SSSR count). The average molecular weight is 493 g/mol. The Bertz CT molecular complexity index is 1300. The smallest absolute Gasteiger partial charge is 0.225 e. The lowest BCUT2D eigenvalue weighted by atomic mass is 10.0. The maximum Gasteiger partial charge on any atom is 0.225 e. The van der Waals surface area contributed by atoms with Crippen molar-refractivity contribution < 1.29 is 9.29 Å². The molecule has 2 atom stereocenters. The number of aromatic nitrogens is 6. The first-order chi connectivity index (χ1) is 16.9. The summed E-state index contributed by atoms with van der Waals surface area (Å²) < 4.78 is 19.9. The molecule has 0 bridgehead atoms. The standard InChI is InChI=1S/C24H28N8O2S/c1-15-12-27-28-16(2)22(15)17(3)34-19-5-6-21-20(11-19)23(30-29-21)18-13-25-24(26-14-18)31-7-9-32(10-8-31)35(4)33/h5-6,11-14,17H,7-10H2,1-4H3,(H,29,30)/t17-,35?/m1/s1. The number of benzene rings is 1. The Hall–Kier alpha value is -3.28. The molecule has 182 valence electrons. The van der Waals surface area contributed by atoms with Crippen molar-refractivity contribution in [3.05, 3.63) is 53.6 Å². The predicted octanol–water partition coefficient (Wildman–Crippen LogP) is 2.98. The van der Waals surface area contributed by atoms with Gasteiger partial charge in [-0.3, -0.25) is 5.10 Å². The number of anilines is 1. The summed E-state index contributed by atoms with van der Waals surface area (Å²) in [6, 6.07) is 5.88. The third kappa shape index (κ3) is 4.79. The largest absolute Gasteiger partial charge is 0.598 e. The highest BCUT2D eigenvalue weighted by atomic mass is 32.2. The van der Waals surface area contributed by atoms with Crippen LogP contribution in [0, 0.1) is 13.8 Å². The van der Waals surface area contributed by atoms with Crippen LogP contribution in [0.2, 0.25) is 0 Å². The lowest BCUT2D eigenvalue weighted by Gasteiger charge is -2.33. The molecule has 11 heteroatoms. The summed E-state index contributed by atoms with van der Waals surface area (Å²) in [4.78, 5) is 11.3. The van der Waals surface area contributed by atoms with Crippen LogP contribution >= 0.6 is 0 Å². The molecule has 1 N–H and O–H groups in total. The van der Waals surface area contributed by atoms with Gasteiger partial charge in [0.15, 0.2) is 0 Å². The monoisotopic (exact) mass is 492 g/mol. The number of piperazine rings is 1. The number of aromatic amines is 1. The summed E-state index contributed by atoms with van der Waals surface area (Å²) in [5.74, 6) is 1.41. The second-order valence-electron chi connectivity index (χ2n) is 8.68. The molecule has 0 aliphatic carbocycles. The zero-order chi connectivity index (χ0) is 24.5. The van der Waals surface area contributed by atoms with Gasteiger partial charge in [-0.05, 0) is 44.5 Å². The maximum atomic E-state index is 11.7. The van der Waals surface area contributed by atoms with Crippen molar-refractivity contribution in [2.24, 2.45) is 0 Å². The third-order valence-corrected chi connectivity index (χ3v) is 7.42. The molecule has 1 fully saturated rings. The molecule has 1 aromatic carbocycles. The van der Waals surface area contributed by atoms with E-state index in [1.807, 2.05) is 43.3 Å². The fourth-order valence-electron chi connectivity index (χ4n) is 4.53. The highest BCUT2D eigenvalue weighted by molar-refractivity contribution is 7.88. The molecule has 3 aromatic heterocycles. The summed E-state index contributed by atoms with van der Waals surface area (Å²) in [6.45, 7) is 8.93. The lowest BCUT2D eigenvalue weighted by Crippen LogP contribution is -2.48. The van der Waals surface area contributed by atoms with Crippen molar-refractivity contribution in [2.75, 3.05) is 37.3 Å². The number of hydrogen-bond acceptors (Lipinski definition) is 9. The normalized spacial score (nSPS) is 16.4. The summed E-state index contributed by atoms with van der Waals surface area (Å²) in [7, 11) is 0. The van der Waals surface area contributed by atoms with E-state index in [2.05, 4.69) is 35.3 Å². The minimum Gasteiger partial charge on any atom is -0.598 e. The molecule has 0 spiro atoms. The van der Waals surface area contributed by atoms with E-state index in [1.165, 1.54) is 0 Å². The zero-order valence-corrected chi connectivity index (χ0v) is 21.0. The van der Waals surface area contributed by atoms with Gasteiger partial charge in [0.25, 0.3) is 0 Å². The van der Waals surface area contributed by atoms with E-state index in [4.69, 9.17) is 4.74 Å². The number of ether oxygens (including phenoxy) is 1. The van der Waals surface area contributed by atoms with Gasteiger partial charge < -0.3 is 14.2 Å². The van der Waals surface area contributed by atoms with Crippen LogP contribution in [0.4, 0.5) is 5.95 Å². The fourth-order valence-corrected chi connectivity index (χ4v) is 5.20. The SMILES string of the molecule is Cc1cnnc(C)c1[C@@H](C)Oc1ccc2[nH]nc(-c3cnc(N4CCN([S+](C)[O-])CC4)nc3)c2c1. The number of fused-ring (bicyclic) bond motifs is 1. The van der Waals surface area contributed by atoms with Crippen LogP contribution < -0.4 is 9.64 Å². The van der Waals surface area contributed by atoms with Gasteiger partial charge in [0.05, 0.1) is 30.5 Å². The van der Waals surface area contributed by atoms with Crippen molar-refractivity contribution >= 4 is 28.2 Å². The summed E-state index contributed by atoms with van der Waals surface area (Å²) in [6.07, 6.45) is 6.90. The first-order valence-electron chi connectivity index (χ1n) is 11.5. The molecular weight excluding hydrogens is 464 g/mol. The number of aryl methyl sites for hydroxylation is 2. The van der Waals surface area contributed by atoms with Crippen molar-refractivity contribution in [3.8, 4) is 17.0 Å². The topological polar surface area (TPSA) is 119 Å². The number of hydrogen-bond donors (Lipinski definition) is 1. The van der Waals surface area contributed by atoms with Crippen LogP contribution in [0.5, 0.6) is 5.75 Å². The second-order valence-corrected chi connectivity index (χ2v) is 10.0. The van der Waals surface area contributed by atoms with Gasteiger partial charge in [0.2, 0.25) is 5.95 Å². The molecular formula is C24H28N8O2S. The number of nitrogens with zero attached hydrogens (tertiary/aromatic N) is 7. The highest BCUT2D eigenvalue weighted by Gasteiger charge is 2.24. The van der Waals surface area contributed by atoms with Gasteiger partial charge in [-0.2, -0.15) is 15.3 Å². The Balaban J connectivity index is 1.35. The first kappa shape index (κ1) is 23.5. The highest BCUT2D eigenvalue weighted by Crippen LogP contribution is 2.32. The van der Waals surface area contributed by atoms with Crippen LogP contribution in [-0.4, -0.2) is 71.7 Å². The van der Waals surface area contributed by atoms with Crippen molar-refractivity contribution in [1.82, 2.24) is 34.7 Å². The molecule has 35 heavy (non-hydrogen) atoms. The van der Waals surface area contributed by atoms with Gasteiger partial charge in [-0.25, -0.2) is 9.97 Å². The second kappa shape index (κ2) is 9.76. The molecule has 1 aliphatic heterocycles. The average Bonchev–Trinajstić information content (AvgIpc) is 3.27. The van der Waals surface area contributed by atoms with Crippen LogP contribution in [0.3, 0.4) is 0 Å². The Kier molecular flexibility index (Phi) is 6.54. The minimum atomic E-state index is -0.942. The van der Waals surface area contributed by atoms with Crippen LogP contribution in [0.15, 0.2) is 36.8 Å². The molecule has 4 heterocycles. The van der Waals surface area contributed by atoms with Crippen molar-refractivity contribution in [2.45, 2.75) is 26.9 Å². The fraction of sp³-hybridized carbons (Fsp3) is 0.375. The van der Waals surface area contributed by atoms with E-state index in [9.17, 15) is 4.55 Å². The number of nitrogens with one attached hydrogen (secondary N) is 1. The Morgan fingerprint density at radius 3 is 2.51 bits per heavy atom. The first-order valence-corrected chi connectivity index (χ1v) is 13.0.